The predicted molar refractivity (Wildman–Crippen MR) is 110 cm³/mol. The van der Waals surface area contributed by atoms with Gasteiger partial charge in [0.05, 0.1) is 18.3 Å². The van der Waals surface area contributed by atoms with Crippen molar-refractivity contribution in [3.05, 3.63) is 59.9 Å². The minimum absolute atomic E-state index is 0.0650. The Morgan fingerprint density at radius 2 is 1.77 bits per heavy atom. The first-order valence-corrected chi connectivity index (χ1v) is 10.1. The fraction of sp³-hybridized carbons (Fsp3) is 0.364. The number of carbonyl (C=O) groups is 1. The fourth-order valence-corrected chi connectivity index (χ4v) is 3.89. The van der Waals surface area contributed by atoms with Gasteiger partial charge in [-0.15, -0.1) is 0 Å². The van der Waals surface area contributed by atoms with Crippen molar-refractivity contribution in [1.29, 1.82) is 0 Å². The molecule has 0 radical (unpaired) electrons. The van der Waals surface area contributed by atoms with Crippen molar-refractivity contribution in [2.75, 3.05) is 12.4 Å². The Kier molecular flexibility index (Phi) is 5.75. The first kappa shape index (κ1) is 21.0. The lowest BCUT2D eigenvalue weighted by Crippen LogP contribution is -2.40. The average Bonchev–Trinajstić information content (AvgIpc) is 3.21. The Morgan fingerprint density at radius 3 is 2.42 bits per heavy atom. The van der Waals surface area contributed by atoms with Crippen LogP contribution in [-0.4, -0.2) is 34.7 Å². The van der Waals surface area contributed by atoms with E-state index < -0.39 is 11.9 Å². The van der Waals surface area contributed by atoms with E-state index in [-0.39, 0.29) is 18.0 Å². The van der Waals surface area contributed by atoms with Gasteiger partial charge in [-0.1, -0.05) is 0 Å². The largest absolute Gasteiger partial charge is 0.497 e. The van der Waals surface area contributed by atoms with Crippen LogP contribution in [0.3, 0.4) is 0 Å². The zero-order chi connectivity index (χ0) is 22.0. The highest BCUT2D eigenvalue weighted by Crippen LogP contribution is 2.31. The van der Waals surface area contributed by atoms with E-state index in [4.69, 9.17) is 4.74 Å². The molecule has 9 heteroatoms. The van der Waals surface area contributed by atoms with Crippen LogP contribution in [0.5, 0.6) is 5.75 Å². The summed E-state index contributed by atoms with van der Waals surface area (Å²) >= 11 is 0. The first-order valence-electron chi connectivity index (χ1n) is 10.1. The number of hydrogen-bond acceptors (Lipinski definition) is 4. The van der Waals surface area contributed by atoms with Gasteiger partial charge in [-0.05, 0) is 68.1 Å². The number of rotatable bonds is 5. The van der Waals surface area contributed by atoms with Crippen LogP contribution in [0, 0.1) is 0 Å². The number of methoxy groups -OCH3 is 1. The molecule has 1 amide bonds. The van der Waals surface area contributed by atoms with E-state index in [0.717, 1.165) is 31.7 Å². The number of anilines is 1. The predicted octanol–water partition coefficient (Wildman–Crippen LogP) is 4.51. The molecule has 1 saturated carbocycles. The van der Waals surface area contributed by atoms with Gasteiger partial charge in [-0.2, -0.15) is 18.3 Å². The van der Waals surface area contributed by atoms with Crippen LogP contribution >= 0.6 is 0 Å². The summed E-state index contributed by atoms with van der Waals surface area (Å²) in [4.78, 5) is 12.4. The van der Waals surface area contributed by atoms with Gasteiger partial charge in [0, 0.05) is 23.8 Å². The topological polar surface area (TPSA) is 67.7 Å². The van der Waals surface area contributed by atoms with Gasteiger partial charge in [0.25, 0.3) is 5.91 Å². The average molecular weight is 432 g/mol. The SMILES string of the molecule is COc1ccc(C(=O)NC2CCC(Nc3cccn4nc(C(F)(F)F)cc34)CC2)cc1. The third kappa shape index (κ3) is 4.76. The summed E-state index contributed by atoms with van der Waals surface area (Å²) in [6.07, 6.45) is 0.194. The molecule has 0 spiro atoms. The number of halogens is 3. The van der Waals surface area contributed by atoms with Gasteiger partial charge in [-0.3, -0.25) is 4.79 Å². The Morgan fingerprint density at radius 1 is 1.10 bits per heavy atom. The summed E-state index contributed by atoms with van der Waals surface area (Å²) in [6, 6.07) is 11.6. The van der Waals surface area contributed by atoms with Crippen LogP contribution < -0.4 is 15.4 Å². The molecule has 2 heterocycles. The molecule has 4 rings (SSSR count). The maximum absolute atomic E-state index is 13.0. The number of amides is 1. The molecule has 164 valence electrons. The smallest absolute Gasteiger partial charge is 0.435 e. The molecular weight excluding hydrogens is 409 g/mol. The van der Waals surface area contributed by atoms with Crippen LogP contribution in [0.25, 0.3) is 5.52 Å². The highest BCUT2D eigenvalue weighted by Gasteiger charge is 2.34. The van der Waals surface area contributed by atoms with Crippen LogP contribution in [0.15, 0.2) is 48.7 Å². The van der Waals surface area contributed by atoms with Gasteiger partial charge in [0.1, 0.15) is 5.75 Å². The minimum Gasteiger partial charge on any atom is -0.497 e. The molecule has 2 aromatic heterocycles. The number of pyridine rings is 1. The lowest BCUT2D eigenvalue weighted by Gasteiger charge is -2.30. The quantitative estimate of drug-likeness (QED) is 0.622. The number of benzene rings is 1. The number of aromatic nitrogens is 2. The molecule has 0 aliphatic heterocycles. The lowest BCUT2D eigenvalue weighted by atomic mass is 9.90. The summed E-state index contributed by atoms with van der Waals surface area (Å²) in [6.45, 7) is 0. The number of nitrogens with zero attached hydrogens (tertiary/aromatic N) is 2. The number of carbonyl (C=O) groups excluding carboxylic acids is 1. The number of hydrogen-bond donors (Lipinski definition) is 2. The van der Waals surface area contributed by atoms with E-state index in [2.05, 4.69) is 15.7 Å². The normalized spacial score (nSPS) is 19.2. The van der Waals surface area contributed by atoms with E-state index in [0.29, 0.717) is 22.5 Å². The molecule has 31 heavy (non-hydrogen) atoms. The maximum atomic E-state index is 13.0. The van der Waals surface area contributed by atoms with E-state index >= 15 is 0 Å². The zero-order valence-corrected chi connectivity index (χ0v) is 16.9. The standard InChI is InChI=1S/C22H23F3N4O2/c1-31-17-10-4-14(5-11-17)21(30)27-16-8-6-15(7-9-16)26-18-3-2-12-29-19(18)13-20(28-29)22(23,24)25/h2-5,10-13,15-16,26H,6-9H2,1H3,(H,27,30). The van der Waals surface area contributed by atoms with Gasteiger partial charge < -0.3 is 15.4 Å². The molecule has 1 fully saturated rings. The Balaban J connectivity index is 1.35. The number of nitrogens with one attached hydrogen (secondary N) is 2. The Labute approximate surface area is 177 Å². The van der Waals surface area contributed by atoms with Crippen molar-refractivity contribution in [2.45, 2.75) is 43.9 Å². The molecule has 0 atom stereocenters. The van der Waals surface area contributed by atoms with Crippen LogP contribution in [0.2, 0.25) is 0 Å². The first-order chi connectivity index (χ1) is 14.8. The molecule has 1 aliphatic carbocycles. The van der Waals surface area contributed by atoms with E-state index in [1.807, 2.05) is 0 Å². The number of alkyl halides is 3. The van der Waals surface area contributed by atoms with Gasteiger partial charge >= 0.3 is 6.18 Å². The van der Waals surface area contributed by atoms with Crippen LogP contribution in [0.1, 0.15) is 41.7 Å². The second-order valence-corrected chi connectivity index (χ2v) is 7.67. The minimum atomic E-state index is -4.48. The van der Waals surface area contributed by atoms with Crippen molar-refractivity contribution in [3.8, 4) is 5.75 Å². The fourth-order valence-electron chi connectivity index (χ4n) is 3.89. The van der Waals surface area contributed by atoms with Crippen molar-refractivity contribution in [2.24, 2.45) is 0 Å². The monoisotopic (exact) mass is 432 g/mol. The Hall–Kier alpha value is -3.23. The molecular formula is C22H23F3N4O2. The van der Waals surface area contributed by atoms with E-state index in [9.17, 15) is 18.0 Å². The van der Waals surface area contributed by atoms with E-state index in [1.165, 1.54) is 10.7 Å². The van der Waals surface area contributed by atoms with E-state index in [1.54, 1.807) is 43.5 Å². The zero-order valence-electron chi connectivity index (χ0n) is 16.9. The third-order valence-electron chi connectivity index (χ3n) is 5.57. The second-order valence-electron chi connectivity index (χ2n) is 7.67. The Bertz CT molecular complexity index is 1050. The summed E-state index contributed by atoms with van der Waals surface area (Å²) in [7, 11) is 1.57. The summed E-state index contributed by atoms with van der Waals surface area (Å²) in [5.74, 6) is 0.571. The molecule has 2 N–H and O–H groups in total. The highest BCUT2D eigenvalue weighted by molar-refractivity contribution is 5.94. The van der Waals surface area contributed by atoms with Gasteiger partial charge in [-0.25, -0.2) is 4.52 Å². The highest BCUT2D eigenvalue weighted by atomic mass is 19.4. The summed E-state index contributed by atoms with van der Waals surface area (Å²) < 4.78 is 45.3. The van der Waals surface area contributed by atoms with Gasteiger partial charge in [0.15, 0.2) is 5.69 Å². The number of fused-ring (bicyclic) bond motifs is 1. The van der Waals surface area contributed by atoms with Gasteiger partial charge in [0.2, 0.25) is 0 Å². The molecule has 1 aliphatic rings. The summed E-state index contributed by atoms with van der Waals surface area (Å²) in [5, 5.41) is 10.0. The molecule has 1 aromatic carbocycles. The molecule has 3 aromatic rings. The van der Waals surface area contributed by atoms with Crippen LogP contribution in [0.4, 0.5) is 18.9 Å². The molecule has 6 nitrogen and oxygen atoms in total. The number of ether oxygens (including phenoxy) is 1. The van der Waals surface area contributed by atoms with Crippen molar-refractivity contribution < 1.29 is 22.7 Å². The second kappa shape index (κ2) is 8.49. The maximum Gasteiger partial charge on any atom is 0.435 e. The van der Waals surface area contributed by atoms with Crippen molar-refractivity contribution in [1.82, 2.24) is 14.9 Å². The van der Waals surface area contributed by atoms with Crippen molar-refractivity contribution in [3.63, 3.8) is 0 Å². The molecule has 0 saturated heterocycles. The van der Waals surface area contributed by atoms with Crippen LogP contribution in [-0.2, 0) is 6.18 Å². The lowest BCUT2D eigenvalue weighted by molar-refractivity contribution is -0.141. The molecule has 0 unspecified atom stereocenters. The summed E-state index contributed by atoms with van der Waals surface area (Å²) in [5.41, 5.74) is 0.682. The molecule has 0 bridgehead atoms. The van der Waals surface area contributed by atoms with Crippen molar-refractivity contribution >= 4 is 17.1 Å². The third-order valence-corrected chi connectivity index (χ3v) is 5.57.